The van der Waals surface area contributed by atoms with E-state index < -0.39 is 8.07 Å². The van der Waals surface area contributed by atoms with E-state index in [1.165, 1.54) is 34.4 Å². The predicted octanol–water partition coefficient (Wildman–Crippen LogP) is 8.42. The number of benzene rings is 3. The van der Waals surface area contributed by atoms with Gasteiger partial charge in [-0.05, 0) is 48.3 Å². The summed E-state index contributed by atoms with van der Waals surface area (Å²) in [6, 6.07) is 35.3. The van der Waals surface area contributed by atoms with Gasteiger partial charge in [-0.3, -0.25) is 0 Å². The number of hydrogen-bond donors (Lipinski definition) is 0. The molecule has 0 N–H and O–H groups in total. The zero-order chi connectivity index (χ0) is 26.1. The first-order valence-corrected chi connectivity index (χ1v) is 16.7. The number of nitrogens with zero attached hydrogens (tertiary/aromatic N) is 2. The van der Waals surface area contributed by atoms with Crippen molar-refractivity contribution in [1.29, 1.82) is 0 Å². The van der Waals surface area contributed by atoms with E-state index in [0.29, 0.717) is 0 Å². The quantitative estimate of drug-likeness (QED) is 0.137. The Bertz CT molecular complexity index is 1700. The summed E-state index contributed by atoms with van der Waals surface area (Å²) in [7, 11) is -1.51. The topological polar surface area (TPSA) is 38.9 Å². The summed E-state index contributed by atoms with van der Waals surface area (Å²) in [4.78, 5) is 8.87. The van der Waals surface area contributed by atoms with Crippen LogP contribution in [0, 0.1) is 12.1 Å². The van der Waals surface area contributed by atoms with Crippen LogP contribution in [0.25, 0.3) is 44.5 Å². The Hall–Kier alpha value is -3.37. The molecule has 3 heterocycles. The Kier molecular flexibility index (Phi) is 7.95. The average Bonchev–Trinajstić information content (AvgIpc) is 3.74. The number of para-hydroxylation sites is 1. The summed E-state index contributed by atoms with van der Waals surface area (Å²) in [5.41, 5.74) is 7.23. The number of pyridine rings is 2. The van der Waals surface area contributed by atoms with Crippen molar-refractivity contribution in [2.24, 2.45) is 0 Å². The molecule has 1 fully saturated rings. The fraction of sp³-hybridized carbons (Fsp3) is 0.176. The van der Waals surface area contributed by atoms with Crippen molar-refractivity contribution in [1.82, 2.24) is 9.97 Å². The van der Waals surface area contributed by atoms with Crippen molar-refractivity contribution < 1.29 is 24.5 Å². The fourth-order valence-electron chi connectivity index (χ4n) is 4.88. The van der Waals surface area contributed by atoms with E-state index in [9.17, 15) is 0 Å². The van der Waals surface area contributed by atoms with Crippen molar-refractivity contribution >= 4 is 35.2 Å². The van der Waals surface area contributed by atoms with Crippen LogP contribution in [-0.4, -0.2) is 18.0 Å². The maximum absolute atomic E-state index is 6.22. The minimum atomic E-state index is -1.51. The van der Waals surface area contributed by atoms with Crippen LogP contribution in [0.4, 0.5) is 0 Å². The van der Waals surface area contributed by atoms with Gasteiger partial charge in [0.05, 0.1) is 5.58 Å². The van der Waals surface area contributed by atoms with E-state index in [0.717, 1.165) is 39.6 Å². The summed E-state index contributed by atoms with van der Waals surface area (Å²) in [6.07, 6.45) is 6.39. The van der Waals surface area contributed by atoms with Crippen molar-refractivity contribution in [2.45, 2.75) is 38.4 Å². The Morgan fingerprint density at radius 3 is 2.31 bits per heavy atom. The zero-order valence-electron chi connectivity index (χ0n) is 22.4. The second-order valence-corrected chi connectivity index (χ2v) is 15.9. The molecule has 0 spiro atoms. The number of fused-ring (bicyclic) bond motifs is 3. The second-order valence-electron chi connectivity index (χ2n) is 10.9. The third-order valence-corrected chi connectivity index (χ3v) is 9.01. The van der Waals surface area contributed by atoms with E-state index in [1.807, 2.05) is 60.9 Å². The maximum atomic E-state index is 6.22. The summed E-state index contributed by atoms with van der Waals surface area (Å²) < 4.78 is 6.22. The van der Waals surface area contributed by atoms with Crippen LogP contribution in [0.15, 0.2) is 102 Å². The number of aromatic nitrogens is 2. The van der Waals surface area contributed by atoms with Crippen LogP contribution in [-0.2, 0) is 20.1 Å². The maximum Gasteiger partial charge on any atom is 0.120 e. The van der Waals surface area contributed by atoms with E-state index >= 15 is 0 Å². The summed E-state index contributed by atoms with van der Waals surface area (Å²) in [5.74, 6) is 0.787. The largest absolute Gasteiger partial charge is 0.501 e. The molecule has 0 aliphatic heterocycles. The van der Waals surface area contributed by atoms with E-state index in [2.05, 4.69) is 78.1 Å². The molecule has 7 rings (SSSR count). The summed E-state index contributed by atoms with van der Waals surface area (Å²) >= 11 is 0. The average molecular weight is 703 g/mol. The van der Waals surface area contributed by atoms with Gasteiger partial charge in [-0.2, -0.15) is 0 Å². The first-order valence-electron chi connectivity index (χ1n) is 13.2. The Labute approximate surface area is 244 Å². The zero-order valence-corrected chi connectivity index (χ0v) is 25.8. The van der Waals surface area contributed by atoms with Crippen LogP contribution < -0.4 is 5.19 Å². The molecule has 3 nitrogen and oxygen atoms in total. The van der Waals surface area contributed by atoms with Gasteiger partial charge in [-0.25, -0.2) is 0 Å². The molecule has 0 bridgehead atoms. The van der Waals surface area contributed by atoms with Gasteiger partial charge < -0.3 is 14.4 Å². The molecule has 6 aromatic rings. The van der Waals surface area contributed by atoms with Crippen LogP contribution in [0.2, 0.25) is 19.6 Å². The standard InChI is InChI=1S/C20H18NOSi.C14H12N.Ir/c1-23(2,3)18-12-11-14(16-9-6-7-13-21-16)20-19(18)15-8-4-5-10-17(15)22-20;1-2-4-12(5-3-1)14-10-13(8-9-15-14)11-6-7-11;/h4-10,12-13H,1-3H3;1-4,8-11H,6-7H2;/q2*-1;. The van der Waals surface area contributed by atoms with Gasteiger partial charge in [0.2, 0.25) is 0 Å². The minimum Gasteiger partial charge on any atom is -0.501 e. The Balaban J connectivity index is 0.000000167. The molecule has 197 valence electrons. The molecule has 0 atom stereocenters. The smallest absolute Gasteiger partial charge is 0.120 e. The van der Waals surface area contributed by atoms with Gasteiger partial charge in [-0.15, -0.1) is 53.2 Å². The third kappa shape index (κ3) is 5.81. The van der Waals surface area contributed by atoms with Crippen LogP contribution in [0.5, 0.6) is 0 Å². The SMILES string of the molecule is C[Si](C)(C)c1c[c-]c(-c2ccccn2)c2oc3ccccc3c12.[Ir].[c-]1ccccc1-c1cc(C2CC2)ccn1. The molecule has 1 aliphatic carbocycles. The molecule has 0 unspecified atom stereocenters. The van der Waals surface area contributed by atoms with Gasteiger partial charge in [0.1, 0.15) is 5.58 Å². The van der Waals surface area contributed by atoms with Gasteiger partial charge in [0.15, 0.2) is 0 Å². The molecule has 1 aliphatic rings. The molecule has 1 saturated carbocycles. The second kappa shape index (κ2) is 11.4. The van der Waals surface area contributed by atoms with Gasteiger partial charge >= 0.3 is 0 Å². The number of hydrogen-bond acceptors (Lipinski definition) is 3. The fourth-order valence-corrected chi connectivity index (χ4v) is 6.38. The number of rotatable bonds is 4. The Morgan fingerprint density at radius 2 is 1.59 bits per heavy atom. The van der Waals surface area contributed by atoms with Crippen molar-refractivity contribution in [3.63, 3.8) is 0 Å². The van der Waals surface area contributed by atoms with Crippen LogP contribution in [0.1, 0.15) is 24.3 Å². The molecular formula is C34H30IrN2OSi-2. The molecule has 3 aromatic heterocycles. The molecular weight excluding hydrogens is 673 g/mol. The Morgan fingerprint density at radius 1 is 0.821 bits per heavy atom. The van der Waals surface area contributed by atoms with E-state index in [4.69, 9.17) is 4.42 Å². The monoisotopic (exact) mass is 703 g/mol. The molecule has 0 saturated heterocycles. The van der Waals surface area contributed by atoms with E-state index in [-0.39, 0.29) is 20.1 Å². The third-order valence-electron chi connectivity index (χ3n) is 7.00. The van der Waals surface area contributed by atoms with Crippen molar-refractivity contribution in [3.8, 4) is 22.5 Å². The molecule has 3 aromatic carbocycles. The molecule has 5 heteroatoms. The minimum absolute atomic E-state index is 0. The van der Waals surface area contributed by atoms with Crippen molar-refractivity contribution in [3.05, 3.63) is 115 Å². The first-order chi connectivity index (χ1) is 18.5. The summed E-state index contributed by atoms with van der Waals surface area (Å²) in [5, 5.41) is 3.81. The summed E-state index contributed by atoms with van der Waals surface area (Å²) in [6.45, 7) is 7.08. The normalized spacial score (nSPS) is 13.0. The molecule has 39 heavy (non-hydrogen) atoms. The number of furan rings is 1. The van der Waals surface area contributed by atoms with Crippen LogP contribution in [0.3, 0.4) is 0 Å². The molecule has 1 radical (unpaired) electrons. The van der Waals surface area contributed by atoms with E-state index in [1.54, 1.807) is 0 Å². The molecule has 0 amide bonds. The predicted molar refractivity (Wildman–Crippen MR) is 159 cm³/mol. The van der Waals surface area contributed by atoms with Gasteiger partial charge in [-0.1, -0.05) is 72.6 Å². The van der Waals surface area contributed by atoms with Crippen molar-refractivity contribution in [2.75, 3.05) is 0 Å². The van der Waals surface area contributed by atoms with Crippen LogP contribution >= 0.6 is 0 Å². The van der Waals surface area contributed by atoms with Gasteiger partial charge in [0.25, 0.3) is 0 Å². The van der Waals surface area contributed by atoms with Gasteiger partial charge in [0, 0.05) is 46.0 Å². The first kappa shape index (κ1) is 27.2.